The molecule has 28 heavy (non-hydrogen) atoms. The summed E-state index contributed by atoms with van der Waals surface area (Å²) >= 11 is 6.08. The molecule has 1 N–H and O–H groups in total. The van der Waals surface area contributed by atoms with Gasteiger partial charge in [-0.1, -0.05) is 17.7 Å². The molecule has 0 radical (unpaired) electrons. The Morgan fingerprint density at radius 3 is 3.00 bits per heavy atom. The first-order chi connectivity index (χ1) is 13.4. The molecule has 0 saturated carbocycles. The predicted molar refractivity (Wildman–Crippen MR) is 111 cm³/mol. The number of aromatic nitrogens is 1. The first-order valence-electron chi connectivity index (χ1n) is 9.79. The maximum Gasteiger partial charge on any atom is 0.226 e. The van der Waals surface area contributed by atoms with Crippen molar-refractivity contribution in [3.05, 3.63) is 40.7 Å². The van der Waals surface area contributed by atoms with E-state index < -0.39 is 0 Å². The van der Waals surface area contributed by atoms with Crippen molar-refractivity contribution >= 4 is 17.5 Å². The number of rotatable bonds is 7. The molecule has 7 heteroatoms. The van der Waals surface area contributed by atoms with Crippen molar-refractivity contribution in [2.24, 2.45) is 5.92 Å². The van der Waals surface area contributed by atoms with Crippen LogP contribution in [0.25, 0.3) is 11.5 Å². The number of nitrogens with zero attached hydrogens (tertiary/aromatic N) is 3. The molecular formula is C21H29ClN4O2. The van der Waals surface area contributed by atoms with Gasteiger partial charge >= 0.3 is 0 Å². The number of aryl methyl sites for hydroxylation is 1. The fourth-order valence-electron chi connectivity index (χ4n) is 3.49. The highest BCUT2D eigenvalue weighted by Crippen LogP contribution is 2.26. The molecule has 6 nitrogen and oxygen atoms in total. The highest BCUT2D eigenvalue weighted by molar-refractivity contribution is 6.30. The second kappa shape index (κ2) is 9.54. The number of carbonyl (C=O) groups is 1. The molecule has 1 saturated heterocycles. The molecule has 1 aliphatic heterocycles. The number of nitrogens with one attached hydrogen (secondary N) is 1. The van der Waals surface area contributed by atoms with Gasteiger partial charge in [0.2, 0.25) is 11.8 Å². The second-order valence-corrected chi connectivity index (χ2v) is 8.14. The number of hydrogen-bond acceptors (Lipinski definition) is 5. The lowest BCUT2D eigenvalue weighted by Gasteiger charge is -2.31. The molecule has 1 aromatic carbocycles. The van der Waals surface area contributed by atoms with Gasteiger partial charge in [-0.25, -0.2) is 4.98 Å². The number of piperidine rings is 1. The minimum Gasteiger partial charge on any atom is -0.441 e. The van der Waals surface area contributed by atoms with Crippen LogP contribution < -0.4 is 5.32 Å². The maximum absolute atomic E-state index is 12.5. The Hall–Kier alpha value is -1.89. The summed E-state index contributed by atoms with van der Waals surface area (Å²) < 4.78 is 5.87. The number of halogens is 1. The van der Waals surface area contributed by atoms with Crippen LogP contribution in [0.4, 0.5) is 0 Å². The van der Waals surface area contributed by atoms with Crippen LogP contribution in [0.1, 0.15) is 24.3 Å². The summed E-state index contributed by atoms with van der Waals surface area (Å²) in [6.45, 7) is 5.90. The molecule has 1 aliphatic rings. The Bertz CT molecular complexity index is 805. The Balaban J connectivity index is 1.60. The standard InChI is InChI=1S/C21H29ClN4O2/c1-15-19(24-21(28-15)16-6-4-8-18(22)12-16)14-26-10-5-7-17(13-26)20(27)23-9-11-25(2)3/h4,6,8,12,17H,5,7,9-11,13-14H2,1-3H3,(H,23,27). The Morgan fingerprint density at radius 2 is 2.25 bits per heavy atom. The molecule has 2 heterocycles. The summed E-state index contributed by atoms with van der Waals surface area (Å²) in [7, 11) is 4.01. The zero-order valence-corrected chi connectivity index (χ0v) is 17.6. The SMILES string of the molecule is Cc1oc(-c2cccc(Cl)c2)nc1CN1CCCC(C(=O)NCCN(C)C)C1. The Labute approximate surface area is 171 Å². The fraction of sp³-hybridized carbons (Fsp3) is 0.524. The van der Waals surface area contributed by atoms with E-state index in [9.17, 15) is 4.79 Å². The third-order valence-corrected chi connectivity index (χ3v) is 5.31. The van der Waals surface area contributed by atoms with Crippen molar-refractivity contribution in [1.29, 1.82) is 0 Å². The van der Waals surface area contributed by atoms with Crippen LogP contribution in [0.2, 0.25) is 5.02 Å². The number of hydrogen-bond donors (Lipinski definition) is 1. The van der Waals surface area contributed by atoms with E-state index in [1.54, 1.807) is 0 Å². The molecule has 1 amide bonds. The van der Waals surface area contributed by atoms with Gasteiger partial charge in [0.1, 0.15) is 5.76 Å². The van der Waals surface area contributed by atoms with Gasteiger partial charge in [-0.2, -0.15) is 0 Å². The van der Waals surface area contributed by atoms with Gasteiger partial charge in [0.05, 0.1) is 11.6 Å². The van der Waals surface area contributed by atoms with Gasteiger partial charge in [0.15, 0.2) is 0 Å². The smallest absolute Gasteiger partial charge is 0.226 e. The van der Waals surface area contributed by atoms with E-state index >= 15 is 0 Å². The molecule has 0 spiro atoms. The summed E-state index contributed by atoms with van der Waals surface area (Å²) in [4.78, 5) is 21.5. The van der Waals surface area contributed by atoms with Gasteiger partial charge in [-0.15, -0.1) is 0 Å². The number of benzene rings is 1. The summed E-state index contributed by atoms with van der Waals surface area (Å²) in [5.41, 5.74) is 1.79. The molecule has 152 valence electrons. The molecule has 1 atom stereocenters. The van der Waals surface area contributed by atoms with Crippen LogP contribution in [-0.4, -0.2) is 61.0 Å². The summed E-state index contributed by atoms with van der Waals surface area (Å²) in [6.07, 6.45) is 1.96. The van der Waals surface area contributed by atoms with Crippen LogP contribution >= 0.6 is 11.6 Å². The molecule has 1 unspecified atom stereocenters. The van der Waals surface area contributed by atoms with E-state index in [-0.39, 0.29) is 11.8 Å². The first kappa shape index (κ1) is 20.8. The van der Waals surface area contributed by atoms with E-state index in [0.29, 0.717) is 24.0 Å². The first-order valence-corrected chi connectivity index (χ1v) is 10.2. The van der Waals surface area contributed by atoms with Crippen LogP contribution in [0.3, 0.4) is 0 Å². The topological polar surface area (TPSA) is 61.6 Å². The zero-order valence-electron chi connectivity index (χ0n) is 16.9. The zero-order chi connectivity index (χ0) is 20.1. The second-order valence-electron chi connectivity index (χ2n) is 7.70. The van der Waals surface area contributed by atoms with E-state index in [1.165, 1.54) is 0 Å². The highest BCUT2D eigenvalue weighted by Gasteiger charge is 2.26. The fourth-order valence-corrected chi connectivity index (χ4v) is 3.68. The van der Waals surface area contributed by atoms with E-state index in [0.717, 1.165) is 49.5 Å². The lowest BCUT2D eigenvalue weighted by atomic mass is 9.97. The largest absolute Gasteiger partial charge is 0.441 e. The average Bonchev–Trinajstić information content (AvgIpc) is 3.02. The monoisotopic (exact) mass is 404 g/mol. The maximum atomic E-state index is 12.5. The van der Waals surface area contributed by atoms with Crippen LogP contribution in [0, 0.1) is 12.8 Å². The molecule has 2 aromatic rings. The number of likely N-dealkylation sites (N-methyl/N-ethyl adjacent to an activating group) is 1. The van der Waals surface area contributed by atoms with Crippen LogP contribution in [-0.2, 0) is 11.3 Å². The third kappa shape index (κ3) is 5.56. The quantitative estimate of drug-likeness (QED) is 0.767. The number of amides is 1. The van der Waals surface area contributed by atoms with E-state index in [1.807, 2.05) is 45.3 Å². The molecule has 0 bridgehead atoms. The van der Waals surface area contributed by atoms with Crippen molar-refractivity contribution < 1.29 is 9.21 Å². The van der Waals surface area contributed by atoms with E-state index in [4.69, 9.17) is 16.0 Å². The third-order valence-electron chi connectivity index (χ3n) is 5.07. The number of likely N-dealkylation sites (tertiary alicyclic amines) is 1. The van der Waals surface area contributed by atoms with Gasteiger partial charge in [-0.3, -0.25) is 9.69 Å². The summed E-state index contributed by atoms with van der Waals surface area (Å²) in [5, 5.41) is 3.72. The average molecular weight is 405 g/mol. The van der Waals surface area contributed by atoms with Gasteiger partial charge in [0, 0.05) is 36.8 Å². The molecule has 3 rings (SSSR count). The van der Waals surface area contributed by atoms with Gasteiger partial charge in [0.25, 0.3) is 0 Å². The normalized spacial score (nSPS) is 17.8. The van der Waals surface area contributed by atoms with E-state index in [2.05, 4.69) is 20.1 Å². The summed E-state index contributed by atoms with van der Waals surface area (Å²) in [5.74, 6) is 1.59. The van der Waals surface area contributed by atoms with Gasteiger partial charge < -0.3 is 14.6 Å². The molecule has 0 aliphatic carbocycles. The number of oxazole rings is 1. The Kier molecular flexibility index (Phi) is 7.10. The van der Waals surface area contributed by atoms with Crippen LogP contribution in [0.15, 0.2) is 28.7 Å². The lowest BCUT2D eigenvalue weighted by molar-refractivity contribution is -0.126. The highest BCUT2D eigenvalue weighted by atomic mass is 35.5. The molecule has 1 aromatic heterocycles. The molecule has 1 fully saturated rings. The minimum absolute atomic E-state index is 0.0375. The minimum atomic E-state index is 0.0375. The lowest BCUT2D eigenvalue weighted by Crippen LogP contribution is -2.44. The van der Waals surface area contributed by atoms with Crippen LogP contribution in [0.5, 0.6) is 0 Å². The van der Waals surface area contributed by atoms with Crippen molar-refractivity contribution in [2.45, 2.75) is 26.3 Å². The predicted octanol–water partition coefficient (Wildman–Crippen LogP) is 3.19. The number of carbonyl (C=O) groups excluding carboxylic acids is 1. The summed E-state index contributed by atoms with van der Waals surface area (Å²) in [6, 6.07) is 7.52. The molecular weight excluding hydrogens is 376 g/mol. The van der Waals surface area contributed by atoms with Crippen molar-refractivity contribution in [3.63, 3.8) is 0 Å². The van der Waals surface area contributed by atoms with Gasteiger partial charge in [-0.05, 0) is 58.6 Å². The van der Waals surface area contributed by atoms with Crippen molar-refractivity contribution in [3.8, 4) is 11.5 Å². The van der Waals surface area contributed by atoms with Crippen molar-refractivity contribution in [1.82, 2.24) is 20.1 Å². The van der Waals surface area contributed by atoms with Crippen molar-refractivity contribution in [2.75, 3.05) is 40.3 Å². The Morgan fingerprint density at radius 1 is 1.43 bits per heavy atom.